The van der Waals surface area contributed by atoms with Crippen molar-refractivity contribution in [2.45, 2.75) is 51.7 Å². The summed E-state index contributed by atoms with van der Waals surface area (Å²) in [6.07, 6.45) is 7.70. The Labute approximate surface area is 119 Å². The lowest BCUT2D eigenvalue weighted by Gasteiger charge is -2.33. The van der Waals surface area contributed by atoms with Gasteiger partial charge in [-0.2, -0.15) is 8.78 Å². The van der Waals surface area contributed by atoms with E-state index in [-0.39, 0.29) is 0 Å². The molecular formula is C14H24F2N4. The molecule has 1 unspecified atom stereocenters. The maximum atomic E-state index is 12.6. The molecule has 0 aliphatic carbocycles. The van der Waals surface area contributed by atoms with Gasteiger partial charge >= 0.3 is 6.55 Å². The average Bonchev–Trinajstić information content (AvgIpc) is 2.89. The van der Waals surface area contributed by atoms with Gasteiger partial charge in [0.25, 0.3) is 0 Å². The highest BCUT2D eigenvalue weighted by atomic mass is 19.3. The summed E-state index contributed by atoms with van der Waals surface area (Å²) in [6, 6.07) is 0.682. The summed E-state index contributed by atoms with van der Waals surface area (Å²) in [5.41, 5.74) is 0. The fourth-order valence-electron chi connectivity index (χ4n) is 2.76. The van der Waals surface area contributed by atoms with E-state index in [1.165, 1.54) is 38.2 Å². The zero-order valence-electron chi connectivity index (χ0n) is 12.1. The van der Waals surface area contributed by atoms with Gasteiger partial charge in [-0.15, -0.1) is 0 Å². The molecule has 1 fully saturated rings. The van der Waals surface area contributed by atoms with Crippen LogP contribution in [0.4, 0.5) is 8.78 Å². The Kier molecular flexibility index (Phi) is 5.91. The molecule has 2 heterocycles. The van der Waals surface area contributed by atoms with Crippen LogP contribution in [-0.4, -0.2) is 40.1 Å². The minimum absolute atomic E-state index is 0.395. The SMILES string of the molecule is CC1CCCCN1CCCNCc1nccn1C(F)F. The van der Waals surface area contributed by atoms with Crippen LogP contribution in [0.15, 0.2) is 12.4 Å². The fourth-order valence-corrected chi connectivity index (χ4v) is 2.76. The maximum absolute atomic E-state index is 12.6. The molecule has 6 heteroatoms. The lowest BCUT2D eigenvalue weighted by molar-refractivity contribution is 0.0666. The molecule has 0 saturated carbocycles. The topological polar surface area (TPSA) is 33.1 Å². The molecule has 2 rings (SSSR count). The van der Waals surface area contributed by atoms with Gasteiger partial charge in [-0.05, 0) is 45.8 Å². The lowest BCUT2D eigenvalue weighted by Crippen LogP contribution is -2.38. The molecule has 0 amide bonds. The number of alkyl halides is 2. The molecule has 0 spiro atoms. The van der Waals surface area contributed by atoms with Gasteiger partial charge in [0.2, 0.25) is 0 Å². The van der Waals surface area contributed by atoms with Crippen molar-refractivity contribution in [1.82, 2.24) is 19.8 Å². The second-order valence-electron chi connectivity index (χ2n) is 5.44. The zero-order valence-corrected chi connectivity index (χ0v) is 12.1. The summed E-state index contributed by atoms with van der Waals surface area (Å²) >= 11 is 0. The number of piperidine rings is 1. The molecule has 1 aliphatic rings. The van der Waals surface area contributed by atoms with Gasteiger partial charge in [-0.25, -0.2) is 4.98 Å². The van der Waals surface area contributed by atoms with E-state index in [2.05, 4.69) is 22.1 Å². The van der Waals surface area contributed by atoms with E-state index < -0.39 is 6.55 Å². The van der Waals surface area contributed by atoms with Gasteiger partial charge < -0.3 is 10.2 Å². The van der Waals surface area contributed by atoms with Gasteiger partial charge in [0.15, 0.2) is 0 Å². The van der Waals surface area contributed by atoms with Gasteiger partial charge in [0.1, 0.15) is 5.82 Å². The Hall–Kier alpha value is -1.01. The second kappa shape index (κ2) is 7.69. The summed E-state index contributed by atoms with van der Waals surface area (Å²) in [5, 5.41) is 3.19. The van der Waals surface area contributed by atoms with Crippen LogP contribution in [0.3, 0.4) is 0 Å². The van der Waals surface area contributed by atoms with Gasteiger partial charge in [0, 0.05) is 18.4 Å². The monoisotopic (exact) mass is 286 g/mol. The number of imidazole rings is 1. The van der Waals surface area contributed by atoms with Gasteiger partial charge in [0.05, 0.1) is 6.54 Å². The Morgan fingerprint density at radius 1 is 1.45 bits per heavy atom. The molecule has 1 N–H and O–H groups in total. The van der Waals surface area contributed by atoms with Gasteiger partial charge in [-0.1, -0.05) is 6.42 Å². The van der Waals surface area contributed by atoms with Crippen LogP contribution in [0.25, 0.3) is 0 Å². The van der Waals surface area contributed by atoms with Crippen molar-refractivity contribution in [3.63, 3.8) is 0 Å². The quantitative estimate of drug-likeness (QED) is 0.782. The van der Waals surface area contributed by atoms with E-state index in [4.69, 9.17) is 0 Å². The first-order chi connectivity index (χ1) is 9.68. The summed E-state index contributed by atoms with van der Waals surface area (Å²) < 4.78 is 26.1. The van der Waals surface area contributed by atoms with E-state index in [1.54, 1.807) is 0 Å². The average molecular weight is 286 g/mol. The molecule has 1 atom stereocenters. The number of hydrogen-bond acceptors (Lipinski definition) is 3. The van der Waals surface area contributed by atoms with E-state index in [0.29, 0.717) is 18.4 Å². The van der Waals surface area contributed by atoms with E-state index >= 15 is 0 Å². The molecule has 0 bridgehead atoms. The Morgan fingerprint density at radius 2 is 2.30 bits per heavy atom. The summed E-state index contributed by atoms with van der Waals surface area (Å²) in [4.78, 5) is 6.47. The third-order valence-corrected chi connectivity index (χ3v) is 3.98. The normalized spacial score (nSPS) is 20.7. The fraction of sp³-hybridized carbons (Fsp3) is 0.786. The second-order valence-corrected chi connectivity index (χ2v) is 5.44. The first kappa shape index (κ1) is 15.4. The first-order valence-corrected chi connectivity index (χ1v) is 7.43. The highest BCUT2D eigenvalue weighted by Gasteiger charge is 2.17. The molecule has 0 aromatic carbocycles. The minimum Gasteiger partial charge on any atom is -0.310 e. The number of aromatic nitrogens is 2. The first-order valence-electron chi connectivity index (χ1n) is 7.43. The largest absolute Gasteiger partial charge is 0.319 e. The standard InChI is InChI=1S/C14H24F2N4/c1-12-5-2-3-8-19(12)9-4-6-17-11-13-18-7-10-20(13)14(15)16/h7,10,12,14,17H,2-6,8-9,11H2,1H3. The molecule has 1 aliphatic heterocycles. The van der Waals surface area contributed by atoms with Crippen LogP contribution in [0.2, 0.25) is 0 Å². The Morgan fingerprint density at radius 3 is 3.05 bits per heavy atom. The number of hydrogen-bond donors (Lipinski definition) is 1. The number of nitrogens with one attached hydrogen (secondary N) is 1. The number of rotatable bonds is 7. The Bertz CT molecular complexity index is 394. The van der Waals surface area contributed by atoms with Crippen LogP contribution < -0.4 is 5.32 Å². The van der Waals surface area contributed by atoms with Crippen molar-refractivity contribution in [3.05, 3.63) is 18.2 Å². The van der Waals surface area contributed by atoms with Crippen LogP contribution in [-0.2, 0) is 6.54 Å². The van der Waals surface area contributed by atoms with Crippen molar-refractivity contribution in [2.75, 3.05) is 19.6 Å². The molecule has 4 nitrogen and oxygen atoms in total. The summed E-state index contributed by atoms with van der Waals surface area (Å²) in [5.74, 6) is 0.395. The molecular weight excluding hydrogens is 262 g/mol. The van der Waals surface area contributed by atoms with Crippen molar-refractivity contribution >= 4 is 0 Å². The van der Waals surface area contributed by atoms with Crippen molar-refractivity contribution in [1.29, 1.82) is 0 Å². The molecule has 1 saturated heterocycles. The highest BCUT2D eigenvalue weighted by Crippen LogP contribution is 2.16. The smallest absolute Gasteiger partial charge is 0.310 e. The third kappa shape index (κ3) is 4.24. The van der Waals surface area contributed by atoms with Crippen molar-refractivity contribution in [3.8, 4) is 0 Å². The number of likely N-dealkylation sites (tertiary alicyclic amines) is 1. The molecule has 20 heavy (non-hydrogen) atoms. The molecule has 1 aromatic rings. The summed E-state index contributed by atoms with van der Waals surface area (Å²) in [7, 11) is 0. The van der Waals surface area contributed by atoms with Crippen LogP contribution in [0.1, 0.15) is 45.0 Å². The van der Waals surface area contributed by atoms with Crippen LogP contribution in [0.5, 0.6) is 0 Å². The van der Waals surface area contributed by atoms with E-state index in [0.717, 1.165) is 24.1 Å². The zero-order chi connectivity index (χ0) is 14.4. The van der Waals surface area contributed by atoms with E-state index in [9.17, 15) is 8.78 Å². The molecule has 0 radical (unpaired) electrons. The van der Waals surface area contributed by atoms with Crippen molar-refractivity contribution < 1.29 is 8.78 Å². The predicted octanol–water partition coefficient (Wildman–Crippen LogP) is 2.63. The van der Waals surface area contributed by atoms with Crippen LogP contribution in [0, 0.1) is 0 Å². The van der Waals surface area contributed by atoms with Crippen LogP contribution >= 0.6 is 0 Å². The highest BCUT2D eigenvalue weighted by molar-refractivity contribution is 4.92. The Balaban J connectivity index is 1.63. The molecule has 1 aromatic heterocycles. The minimum atomic E-state index is -2.51. The predicted molar refractivity (Wildman–Crippen MR) is 74.7 cm³/mol. The van der Waals surface area contributed by atoms with E-state index in [1.807, 2.05) is 0 Å². The van der Waals surface area contributed by atoms with Gasteiger partial charge in [-0.3, -0.25) is 4.57 Å². The maximum Gasteiger partial charge on any atom is 0.319 e. The number of nitrogens with zero attached hydrogens (tertiary/aromatic N) is 3. The lowest BCUT2D eigenvalue weighted by atomic mass is 10.0. The third-order valence-electron chi connectivity index (χ3n) is 3.98. The number of halogens is 2. The summed E-state index contributed by atoms with van der Waals surface area (Å²) in [6.45, 7) is 3.27. The van der Waals surface area contributed by atoms with Crippen molar-refractivity contribution in [2.24, 2.45) is 0 Å². The molecule has 114 valence electrons.